The summed E-state index contributed by atoms with van der Waals surface area (Å²) in [7, 11) is 1.76. The number of hydrogen-bond acceptors (Lipinski definition) is 2. The Morgan fingerprint density at radius 3 is 2.43 bits per heavy atom. The molecule has 0 aromatic carbocycles. The monoisotopic (exact) mass is 196 g/mol. The minimum absolute atomic E-state index is 0.221. The molecule has 2 aliphatic carbocycles. The molecule has 3 nitrogen and oxygen atoms in total. The number of hydrogen-bond donors (Lipinski definition) is 1. The van der Waals surface area contributed by atoms with Crippen LogP contribution in [0.4, 0.5) is 0 Å². The molecule has 0 aromatic heterocycles. The van der Waals surface area contributed by atoms with E-state index in [1.807, 2.05) is 0 Å². The van der Waals surface area contributed by atoms with Gasteiger partial charge in [0.25, 0.3) is 0 Å². The zero-order valence-corrected chi connectivity index (χ0v) is 8.96. The first-order valence-corrected chi connectivity index (χ1v) is 5.66. The van der Waals surface area contributed by atoms with Crippen molar-refractivity contribution in [2.45, 2.75) is 56.6 Å². The van der Waals surface area contributed by atoms with E-state index in [0.717, 1.165) is 18.7 Å². The van der Waals surface area contributed by atoms with Crippen molar-refractivity contribution in [3.8, 4) is 0 Å². The van der Waals surface area contributed by atoms with Crippen LogP contribution in [0.15, 0.2) is 4.99 Å². The summed E-state index contributed by atoms with van der Waals surface area (Å²) < 4.78 is 5.61. The highest BCUT2D eigenvalue weighted by Crippen LogP contribution is 2.33. The fraction of sp³-hybridized carbons (Fsp3) is 0.909. The lowest BCUT2D eigenvalue weighted by molar-refractivity contribution is 0.0180. The first-order chi connectivity index (χ1) is 6.77. The third-order valence-electron chi connectivity index (χ3n) is 3.39. The normalized spacial score (nSPS) is 27.6. The third-order valence-corrected chi connectivity index (χ3v) is 3.39. The minimum Gasteiger partial charge on any atom is -0.385 e. The van der Waals surface area contributed by atoms with Gasteiger partial charge in [-0.05, 0) is 25.7 Å². The second-order valence-electron chi connectivity index (χ2n) is 4.50. The molecule has 2 fully saturated rings. The topological polar surface area (TPSA) is 47.6 Å². The Morgan fingerprint density at radius 2 is 1.93 bits per heavy atom. The number of nitrogens with two attached hydrogens (primary N) is 1. The van der Waals surface area contributed by atoms with Gasteiger partial charge in [0.2, 0.25) is 0 Å². The molecule has 0 atom stereocenters. The van der Waals surface area contributed by atoms with Gasteiger partial charge in [0, 0.05) is 7.11 Å². The fourth-order valence-electron chi connectivity index (χ4n) is 2.21. The maximum atomic E-state index is 6.06. The van der Waals surface area contributed by atoms with E-state index >= 15 is 0 Å². The van der Waals surface area contributed by atoms with Crippen molar-refractivity contribution in [1.29, 1.82) is 0 Å². The van der Waals surface area contributed by atoms with E-state index in [1.54, 1.807) is 7.11 Å². The van der Waals surface area contributed by atoms with Gasteiger partial charge < -0.3 is 10.5 Å². The van der Waals surface area contributed by atoms with Crippen LogP contribution in [0.1, 0.15) is 44.9 Å². The van der Waals surface area contributed by atoms with Gasteiger partial charge in [0.05, 0.1) is 6.04 Å². The van der Waals surface area contributed by atoms with Gasteiger partial charge in [-0.2, -0.15) is 0 Å². The van der Waals surface area contributed by atoms with Crippen molar-refractivity contribution < 1.29 is 4.74 Å². The third kappa shape index (κ3) is 1.92. The van der Waals surface area contributed by atoms with Crippen molar-refractivity contribution in [3.05, 3.63) is 0 Å². The molecule has 2 rings (SSSR count). The maximum Gasteiger partial charge on any atom is 0.127 e. The van der Waals surface area contributed by atoms with E-state index in [9.17, 15) is 0 Å². The van der Waals surface area contributed by atoms with Crippen LogP contribution < -0.4 is 5.73 Å². The lowest BCUT2D eigenvalue weighted by Crippen LogP contribution is -2.47. The number of nitrogens with zero attached hydrogens (tertiary/aromatic N) is 1. The van der Waals surface area contributed by atoms with E-state index in [-0.39, 0.29) is 5.60 Å². The largest absolute Gasteiger partial charge is 0.385 e. The van der Waals surface area contributed by atoms with E-state index < -0.39 is 0 Å². The second kappa shape index (κ2) is 3.89. The summed E-state index contributed by atoms with van der Waals surface area (Å²) in [5, 5.41) is 0. The quantitative estimate of drug-likeness (QED) is 0.553. The number of aliphatic imine (C=N–C) groups is 1. The summed E-state index contributed by atoms with van der Waals surface area (Å²) >= 11 is 0. The molecule has 0 saturated heterocycles. The molecule has 2 saturated carbocycles. The van der Waals surface area contributed by atoms with Crippen LogP contribution in [0.2, 0.25) is 0 Å². The van der Waals surface area contributed by atoms with Crippen molar-refractivity contribution >= 4 is 5.84 Å². The molecular formula is C11H20N2O. The Balaban J connectivity index is 2.08. The molecule has 80 valence electrons. The number of methoxy groups -OCH3 is 1. The van der Waals surface area contributed by atoms with Crippen LogP contribution >= 0.6 is 0 Å². The summed E-state index contributed by atoms with van der Waals surface area (Å²) in [5.74, 6) is 0.752. The van der Waals surface area contributed by atoms with Crippen LogP contribution in [-0.4, -0.2) is 24.6 Å². The van der Waals surface area contributed by atoms with E-state index in [1.165, 1.54) is 32.1 Å². The summed E-state index contributed by atoms with van der Waals surface area (Å²) in [6.07, 6.45) is 8.25. The Labute approximate surface area is 85.7 Å². The molecule has 0 amide bonds. The average Bonchev–Trinajstić information content (AvgIpc) is 3.02. The maximum absolute atomic E-state index is 6.06. The van der Waals surface area contributed by atoms with Crippen molar-refractivity contribution in [2.24, 2.45) is 10.7 Å². The molecule has 0 aliphatic heterocycles. The molecule has 0 heterocycles. The molecule has 0 radical (unpaired) electrons. The SMILES string of the molecule is COC1(C(N)=NC2CC2)CCCCC1. The van der Waals surface area contributed by atoms with Crippen LogP contribution in [-0.2, 0) is 4.74 Å². The molecular weight excluding hydrogens is 176 g/mol. The summed E-state index contributed by atoms with van der Waals surface area (Å²) in [6.45, 7) is 0. The van der Waals surface area contributed by atoms with Gasteiger partial charge in [0.1, 0.15) is 11.4 Å². The highest BCUT2D eigenvalue weighted by molar-refractivity contribution is 5.89. The van der Waals surface area contributed by atoms with Crippen molar-refractivity contribution in [3.63, 3.8) is 0 Å². The van der Waals surface area contributed by atoms with Crippen LogP contribution in [0.3, 0.4) is 0 Å². The zero-order chi connectivity index (χ0) is 10.0. The van der Waals surface area contributed by atoms with Gasteiger partial charge in [-0.25, -0.2) is 0 Å². The second-order valence-corrected chi connectivity index (χ2v) is 4.50. The van der Waals surface area contributed by atoms with E-state index in [0.29, 0.717) is 6.04 Å². The lowest BCUT2D eigenvalue weighted by atomic mass is 9.83. The molecule has 0 unspecified atom stereocenters. The predicted molar refractivity (Wildman–Crippen MR) is 57.5 cm³/mol. The summed E-state index contributed by atoms with van der Waals surface area (Å²) in [6, 6.07) is 0.504. The number of rotatable bonds is 3. The van der Waals surface area contributed by atoms with E-state index in [4.69, 9.17) is 10.5 Å². The smallest absolute Gasteiger partial charge is 0.127 e. The Kier molecular flexibility index (Phi) is 2.77. The highest BCUT2D eigenvalue weighted by Gasteiger charge is 2.37. The summed E-state index contributed by atoms with van der Waals surface area (Å²) in [4.78, 5) is 4.52. The van der Waals surface area contributed by atoms with Gasteiger partial charge in [-0.15, -0.1) is 0 Å². The molecule has 0 aromatic rings. The number of amidine groups is 1. The molecule has 0 bridgehead atoms. The Bertz CT molecular complexity index is 227. The van der Waals surface area contributed by atoms with Crippen LogP contribution in [0.5, 0.6) is 0 Å². The zero-order valence-electron chi connectivity index (χ0n) is 8.96. The van der Waals surface area contributed by atoms with Crippen LogP contribution in [0.25, 0.3) is 0 Å². The first-order valence-electron chi connectivity index (χ1n) is 5.66. The average molecular weight is 196 g/mol. The molecule has 0 spiro atoms. The highest BCUT2D eigenvalue weighted by atomic mass is 16.5. The summed E-state index contributed by atoms with van der Waals surface area (Å²) in [5.41, 5.74) is 5.84. The van der Waals surface area contributed by atoms with Gasteiger partial charge in [-0.3, -0.25) is 4.99 Å². The number of ether oxygens (including phenoxy) is 1. The molecule has 2 aliphatic rings. The lowest BCUT2D eigenvalue weighted by Gasteiger charge is -2.35. The van der Waals surface area contributed by atoms with Gasteiger partial charge in [-0.1, -0.05) is 19.3 Å². The van der Waals surface area contributed by atoms with Crippen molar-refractivity contribution in [1.82, 2.24) is 0 Å². The molecule has 14 heavy (non-hydrogen) atoms. The van der Waals surface area contributed by atoms with Gasteiger partial charge >= 0.3 is 0 Å². The Morgan fingerprint density at radius 1 is 1.29 bits per heavy atom. The predicted octanol–water partition coefficient (Wildman–Crippen LogP) is 1.86. The van der Waals surface area contributed by atoms with Gasteiger partial charge in [0.15, 0.2) is 0 Å². The standard InChI is InChI=1S/C11H20N2O/c1-14-11(7-3-2-4-8-11)10(12)13-9-5-6-9/h9H,2-8H2,1H3,(H2,12,13). The fourth-order valence-corrected chi connectivity index (χ4v) is 2.21. The first kappa shape index (κ1) is 9.97. The molecule has 2 N–H and O–H groups in total. The molecule has 3 heteroatoms. The van der Waals surface area contributed by atoms with Crippen LogP contribution in [0, 0.1) is 0 Å². The minimum atomic E-state index is -0.221. The Hall–Kier alpha value is -0.570. The van der Waals surface area contributed by atoms with E-state index in [2.05, 4.69) is 4.99 Å². The van der Waals surface area contributed by atoms with Crippen molar-refractivity contribution in [2.75, 3.05) is 7.11 Å².